The van der Waals surface area contributed by atoms with E-state index in [0.717, 1.165) is 57.0 Å². The lowest BCUT2D eigenvalue weighted by Crippen LogP contribution is -2.46. The zero-order chi connectivity index (χ0) is 25.2. The Morgan fingerprint density at radius 1 is 1.26 bits per heavy atom. The van der Waals surface area contributed by atoms with Gasteiger partial charge in [0.25, 0.3) is 5.69 Å². The molecule has 1 amide bonds. The first-order valence-electron chi connectivity index (χ1n) is 10.1. The molecule has 0 aliphatic heterocycles. The van der Waals surface area contributed by atoms with Crippen LogP contribution in [0, 0.1) is 10.1 Å². The lowest BCUT2D eigenvalue weighted by molar-refractivity contribution is -0.384. The molecule has 3 N–H and O–H groups in total. The summed E-state index contributed by atoms with van der Waals surface area (Å²) in [5.41, 5.74) is 1.41. The molecule has 1 atom stereocenters. The van der Waals surface area contributed by atoms with Gasteiger partial charge in [0.2, 0.25) is 10.0 Å². The average molecular weight is 580 g/mol. The second-order valence-corrected chi connectivity index (χ2v) is 11.6. The third-order valence-corrected chi connectivity index (χ3v) is 8.19. The minimum Gasteiger partial charge on any atom is -0.465 e. The number of thiazole rings is 1. The van der Waals surface area contributed by atoms with Crippen LogP contribution >= 0.6 is 27.3 Å². The molecule has 0 aliphatic rings. The van der Waals surface area contributed by atoms with Crippen molar-refractivity contribution in [2.75, 3.05) is 11.4 Å². The van der Waals surface area contributed by atoms with E-state index in [1.54, 1.807) is 6.20 Å². The van der Waals surface area contributed by atoms with Crippen molar-refractivity contribution in [3.63, 3.8) is 0 Å². The van der Waals surface area contributed by atoms with E-state index >= 15 is 0 Å². The molecule has 0 fully saturated rings. The Morgan fingerprint density at radius 2 is 1.97 bits per heavy atom. The third-order valence-electron chi connectivity index (χ3n) is 5.15. The van der Waals surface area contributed by atoms with Crippen LogP contribution in [0.2, 0.25) is 0 Å². The Hall–Kier alpha value is -3.33. The summed E-state index contributed by atoms with van der Waals surface area (Å²) in [7, 11) is -4.14. The Bertz CT molecular complexity index is 1490. The first kappa shape index (κ1) is 24.8. The van der Waals surface area contributed by atoms with E-state index in [0.29, 0.717) is 3.79 Å². The summed E-state index contributed by atoms with van der Waals surface area (Å²) in [5, 5.41) is 21.8. The molecule has 0 saturated carbocycles. The molecule has 11 nitrogen and oxygen atoms in total. The van der Waals surface area contributed by atoms with Gasteiger partial charge >= 0.3 is 6.09 Å². The summed E-state index contributed by atoms with van der Waals surface area (Å²) >= 11 is 4.36. The molecule has 182 valence electrons. The van der Waals surface area contributed by atoms with E-state index < -0.39 is 27.1 Å². The number of carboxylic acid groups (broad SMARTS) is 1. The van der Waals surface area contributed by atoms with Crippen molar-refractivity contribution in [2.24, 2.45) is 0 Å². The topological polar surface area (TPSA) is 159 Å². The fraction of sp³-hybridized carbons (Fsp3) is 0.143. The van der Waals surface area contributed by atoms with Crippen LogP contribution in [0.1, 0.15) is 5.56 Å². The maximum absolute atomic E-state index is 13.1. The highest BCUT2D eigenvalue weighted by molar-refractivity contribution is 9.11. The Kier molecular flexibility index (Phi) is 7.16. The molecule has 4 rings (SSSR count). The molecule has 4 aromatic rings. The van der Waals surface area contributed by atoms with Crippen LogP contribution < -0.4 is 9.62 Å². The Morgan fingerprint density at radius 3 is 2.60 bits per heavy atom. The van der Waals surface area contributed by atoms with Gasteiger partial charge in [-0.05, 0) is 46.1 Å². The minimum atomic E-state index is -4.14. The quantitative estimate of drug-likeness (QED) is 0.196. The predicted octanol–water partition coefficient (Wildman–Crippen LogP) is 4.37. The van der Waals surface area contributed by atoms with Gasteiger partial charge in [0, 0.05) is 41.8 Å². The molecule has 35 heavy (non-hydrogen) atoms. The van der Waals surface area contributed by atoms with Crippen molar-refractivity contribution in [3.8, 4) is 0 Å². The fourth-order valence-corrected chi connectivity index (χ4v) is 5.98. The number of hydrogen-bond acceptors (Lipinski definition) is 7. The number of nitrogens with one attached hydrogen (secondary N) is 2. The normalized spacial score (nSPS) is 12.5. The van der Waals surface area contributed by atoms with Crippen molar-refractivity contribution in [1.29, 1.82) is 0 Å². The van der Waals surface area contributed by atoms with Crippen molar-refractivity contribution in [2.45, 2.75) is 17.4 Å². The van der Waals surface area contributed by atoms with E-state index in [1.807, 2.05) is 24.3 Å². The molecule has 0 aliphatic carbocycles. The van der Waals surface area contributed by atoms with Gasteiger partial charge in [-0.3, -0.25) is 15.0 Å². The number of hydrogen-bond donors (Lipinski definition) is 3. The molecule has 14 heteroatoms. The van der Waals surface area contributed by atoms with Gasteiger partial charge in [0.05, 0.1) is 19.8 Å². The number of fused-ring (bicyclic) bond motifs is 1. The number of aromatic amines is 1. The lowest BCUT2D eigenvalue weighted by atomic mass is 10.1. The van der Waals surface area contributed by atoms with Crippen molar-refractivity contribution >= 4 is 65.1 Å². The van der Waals surface area contributed by atoms with Crippen molar-refractivity contribution in [3.05, 3.63) is 80.4 Å². The van der Waals surface area contributed by atoms with E-state index in [9.17, 15) is 28.4 Å². The van der Waals surface area contributed by atoms with Gasteiger partial charge < -0.3 is 10.1 Å². The number of nitro groups is 1. The number of H-pyrrole nitrogens is 1. The molecule has 1 unspecified atom stereocenters. The van der Waals surface area contributed by atoms with Gasteiger partial charge in [-0.15, -0.1) is 0 Å². The molecule has 0 bridgehead atoms. The SMILES string of the molecule is O=C(O)N(CC(Cc1c[nH]c2ccccc12)NS(=O)(=O)c1ccc([N+](=O)[O-])cc1)c1ncc(Br)s1. The largest absolute Gasteiger partial charge is 0.465 e. The van der Waals surface area contributed by atoms with Crippen LogP contribution in [-0.2, 0) is 16.4 Å². The summed E-state index contributed by atoms with van der Waals surface area (Å²) in [6.45, 7) is -0.221. The Labute approximate surface area is 211 Å². The van der Waals surface area contributed by atoms with Gasteiger partial charge in [-0.2, -0.15) is 0 Å². The predicted molar refractivity (Wildman–Crippen MR) is 134 cm³/mol. The average Bonchev–Trinajstić information content (AvgIpc) is 3.43. The fourth-order valence-electron chi connectivity index (χ4n) is 3.57. The number of aromatic nitrogens is 2. The number of nitro benzene ring substituents is 1. The van der Waals surface area contributed by atoms with E-state index in [-0.39, 0.29) is 28.7 Å². The molecule has 0 radical (unpaired) electrons. The summed E-state index contributed by atoms with van der Waals surface area (Å²) in [4.78, 5) is 30.3. The monoisotopic (exact) mass is 579 g/mol. The highest BCUT2D eigenvalue weighted by Crippen LogP contribution is 2.28. The number of halogens is 1. The molecule has 2 aromatic heterocycles. The van der Waals surface area contributed by atoms with Crippen LogP contribution in [0.15, 0.2) is 69.6 Å². The number of nitrogens with zero attached hydrogens (tertiary/aromatic N) is 3. The standard InChI is InChI=1S/C21H18BrN5O6S2/c22-19-11-24-20(34-19)26(21(28)29)12-14(9-13-10-23-18-4-2-1-3-17(13)18)25-35(32,33)16-7-5-15(6-8-16)27(30)31/h1-8,10-11,14,23,25H,9,12H2,(H,28,29). The smallest absolute Gasteiger partial charge is 0.413 e. The number of benzene rings is 2. The second kappa shape index (κ2) is 10.1. The second-order valence-electron chi connectivity index (χ2n) is 7.47. The number of amides is 1. The maximum atomic E-state index is 13.1. The summed E-state index contributed by atoms with van der Waals surface area (Å²) in [6, 6.07) is 11.1. The van der Waals surface area contributed by atoms with Crippen molar-refractivity contribution in [1.82, 2.24) is 14.7 Å². The number of carbonyl (C=O) groups is 1. The molecule has 2 aromatic carbocycles. The number of non-ortho nitro benzene ring substituents is 1. The zero-order valence-corrected chi connectivity index (χ0v) is 21.0. The van der Waals surface area contributed by atoms with Crippen molar-refractivity contribution < 1.29 is 23.2 Å². The summed E-state index contributed by atoms with van der Waals surface area (Å²) in [5.74, 6) is 0. The summed E-state index contributed by atoms with van der Waals surface area (Å²) < 4.78 is 29.5. The zero-order valence-electron chi connectivity index (χ0n) is 17.8. The van der Waals surface area contributed by atoms with Crippen LogP contribution in [0.5, 0.6) is 0 Å². The van der Waals surface area contributed by atoms with Crippen LogP contribution in [0.25, 0.3) is 10.9 Å². The number of para-hydroxylation sites is 1. The first-order chi connectivity index (χ1) is 16.6. The van der Waals surface area contributed by atoms with Gasteiger partial charge in [-0.1, -0.05) is 29.5 Å². The highest BCUT2D eigenvalue weighted by atomic mass is 79.9. The molecule has 0 saturated heterocycles. The summed E-state index contributed by atoms with van der Waals surface area (Å²) in [6.07, 6.45) is 2.10. The number of rotatable bonds is 9. The van der Waals surface area contributed by atoms with Crippen LogP contribution in [-0.4, -0.2) is 47.1 Å². The number of sulfonamides is 1. The van der Waals surface area contributed by atoms with E-state index in [4.69, 9.17) is 0 Å². The molecular formula is C21H18BrN5O6S2. The van der Waals surface area contributed by atoms with E-state index in [1.165, 1.54) is 6.20 Å². The van der Waals surface area contributed by atoms with Crippen LogP contribution in [0.3, 0.4) is 0 Å². The van der Waals surface area contributed by atoms with Gasteiger partial charge in [0.15, 0.2) is 5.13 Å². The number of anilines is 1. The lowest BCUT2D eigenvalue weighted by Gasteiger charge is -2.24. The molecular weight excluding hydrogens is 562 g/mol. The third kappa shape index (κ3) is 5.67. The Balaban J connectivity index is 1.67. The van der Waals surface area contributed by atoms with Gasteiger partial charge in [-0.25, -0.2) is 22.9 Å². The highest BCUT2D eigenvalue weighted by Gasteiger charge is 2.28. The molecule has 2 heterocycles. The molecule has 0 spiro atoms. The van der Waals surface area contributed by atoms with E-state index in [2.05, 4.69) is 30.6 Å². The minimum absolute atomic E-state index is 0.173. The van der Waals surface area contributed by atoms with Crippen LogP contribution in [0.4, 0.5) is 15.6 Å². The maximum Gasteiger partial charge on any atom is 0.413 e. The first-order valence-corrected chi connectivity index (χ1v) is 13.2. The van der Waals surface area contributed by atoms with Gasteiger partial charge in [0.1, 0.15) is 0 Å².